The Morgan fingerprint density at radius 1 is 0.897 bits per heavy atom. The summed E-state index contributed by atoms with van der Waals surface area (Å²) in [4.78, 5) is 16.1. The molecule has 0 bridgehead atoms. The summed E-state index contributed by atoms with van der Waals surface area (Å²) in [5.74, 6) is -0.915. The number of carbonyl (C=O) groups is 1. The van der Waals surface area contributed by atoms with Crippen molar-refractivity contribution in [3.63, 3.8) is 0 Å². The van der Waals surface area contributed by atoms with Gasteiger partial charge in [-0.05, 0) is 19.1 Å². The fraction of sp³-hybridized carbons (Fsp3) is 0.0833. The molecular weight excluding hydrogens is 380 g/mol. The monoisotopic (exact) mass is 400 g/mol. The molecule has 4 aromatic rings. The van der Waals surface area contributed by atoms with E-state index < -0.39 is 5.97 Å². The molecule has 29 heavy (non-hydrogen) atoms. The first-order valence-corrected chi connectivity index (χ1v) is 10.3. The molecule has 0 aliphatic heterocycles. The molecule has 0 unspecified atom stereocenters. The van der Waals surface area contributed by atoms with Crippen LogP contribution in [0, 0.1) is 6.92 Å². The highest BCUT2D eigenvalue weighted by molar-refractivity contribution is 7.99. The summed E-state index contributed by atoms with van der Waals surface area (Å²) in [5.41, 5.74) is 5.94. The van der Waals surface area contributed by atoms with Gasteiger partial charge >= 0.3 is 5.97 Å². The lowest BCUT2D eigenvalue weighted by molar-refractivity contribution is -0.133. The van der Waals surface area contributed by atoms with E-state index in [1.165, 1.54) is 11.8 Å². The number of nitrogens with zero attached hydrogens (tertiary/aromatic N) is 2. The summed E-state index contributed by atoms with van der Waals surface area (Å²) in [6, 6.07) is 28.3. The number of rotatable bonds is 6. The highest BCUT2D eigenvalue weighted by Crippen LogP contribution is 2.38. The van der Waals surface area contributed by atoms with Crippen LogP contribution in [-0.4, -0.2) is 26.4 Å². The first kappa shape index (κ1) is 19.0. The number of hydrogen-bond acceptors (Lipinski definition) is 3. The van der Waals surface area contributed by atoms with Crippen LogP contribution < -0.4 is 0 Å². The number of carboxylic acids is 1. The number of hydrogen-bond donors (Lipinski definition) is 1. The summed E-state index contributed by atoms with van der Waals surface area (Å²) >= 11 is 1.23. The van der Waals surface area contributed by atoms with Gasteiger partial charge in [0, 0.05) is 16.8 Å². The van der Waals surface area contributed by atoms with E-state index in [2.05, 4.69) is 28.8 Å². The molecule has 0 aliphatic carbocycles. The number of benzene rings is 3. The molecule has 0 aliphatic rings. The molecule has 144 valence electrons. The first-order valence-electron chi connectivity index (χ1n) is 9.28. The standard InChI is InChI=1S/C24H20N2O2S/c1-17-12-14-20(15-13-17)26-23(19-10-6-3-7-11-19)22(18-8-4-2-5-9-18)25-24(26)29-16-21(27)28/h2-15H,16H2,1H3,(H,27,28). The molecule has 5 heteroatoms. The van der Waals surface area contributed by atoms with Crippen LogP contribution in [0.5, 0.6) is 0 Å². The fourth-order valence-corrected chi connectivity index (χ4v) is 3.95. The second-order valence-corrected chi connectivity index (χ2v) is 7.62. The molecule has 4 nitrogen and oxygen atoms in total. The quantitative estimate of drug-likeness (QED) is 0.422. The highest BCUT2D eigenvalue weighted by atomic mass is 32.2. The molecule has 1 heterocycles. The number of aliphatic carboxylic acids is 1. The summed E-state index contributed by atoms with van der Waals surface area (Å²) in [6.45, 7) is 2.05. The molecule has 0 amide bonds. The minimum absolute atomic E-state index is 0.0503. The highest BCUT2D eigenvalue weighted by Gasteiger charge is 2.22. The minimum Gasteiger partial charge on any atom is -0.481 e. The molecule has 0 atom stereocenters. The normalized spacial score (nSPS) is 10.8. The third kappa shape index (κ3) is 4.10. The number of aryl methyl sites for hydroxylation is 1. The Morgan fingerprint density at radius 3 is 2.07 bits per heavy atom. The van der Waals surface area contributed by atoms with Gasteiger partial charge in [-0.2, -0.15) is 0 Å². The minimum atomic E-state index is -0.865. The Kier molecular flexibility index (Phi) is 5.49. The summed E-state index contributed by atoms with van der Waals surface area (Å²) in [5, 5.41) is 9.89. The summed E-state index contributed by atoms with van der Waals surface area (Å²) < 4.78 is 2.06. The average Bonchev–Trinajstić information content (AvgIpc) is 3.13. The van der Waals surface area contributed by atoms with Crippen LogP contribution >= 0.6 is 11.8 Å². The van der Waals surface area contributed by atoms with Gasteiger partial charge in [0.1, 0.15) is 0 Å². The zero-order valence-electron chi connectivity index (χ0n) is 15.9. The third-order valence-corrected chi connectivity index (χ3v) is 5.48. The van der Waals surface area contributed by atoms with Crippen LogP contribution in [0.25, 0.3) is 28.2 Å². The maximum atomic E-state index is 11.2. The second-order valence-electron chi connectivity index (χ2n) is 6.68. The van der Waals surface area contributed by atoms with E-state index in [9.17, 15) is 9.90 Å². The van der Waals surface area contributed by atoms with Crippen molar-refractivity contribution in [1.82, 2.24) is 9.55 Å². The van der Waals surface area contributed by atoms with E-state index in [1.54, 1.807) is 0 Å². The van der Waals surface area contributed by atoms with Crippen molar-refractivity contribution in [2.24, 2.45) is 0 Å². The van der Waals surface area contributed by atoms with E-state index >= 15 is 0 Å². The van der Waals surface area contributed by atoms with Crippen LogP contribution in [0.3, 0.4) is 0 Å². The molecular formula is C24H20N2O2S. The largest absolute Gasteiger partial charge is 0.481 e. The average molecular weight is 401 g/mol. The van der Waals surface area contributed by atoms with Crippen molar-refractivity contribution in [3.05, 3.63) is 90.5 Å². The van der Waals surface area contributed by atoms with Gasteiger partial charge in [-0.1, -0.05) is 90.1 Å². The lowest BCUT2D eigenvalue weighted by Gasteiger charge is -2.13. The number of imidazole rings is 1. The van der Waals surface area contributed by atoms with Gasteiger partial charge in [-0.25, -0.2) is 4.98 Å². The number of thioether (sulfide) groups is 1. The van der Waals surface area contributed by atoms with Gasteiger partial charge in [0.05, 0.1) is 17.1 Å². The van der Waals surface area contributed by atoms with Gasteiger partial charge in [0.15, 0.2) is 5.16 Å². The van der Waals surface area contributed by atoms with Crippen molar-refractivity contribution in [1.29, 1.82) is 0 Å². The number of aromatic nitrogens is 2. The SMILES string of the molecule is Cc1ccc(-n2c(SCC(=O)O)nc(-c3ccccc3)c2-c2ccccc2)cc1. The van der Waals surface area contributed by atoms with Crippen LogP contribution in [0.1, 0.15) is 5.56 Å². The molecule has 0 radical (unpaired) electrons. The van der Waals surface area contributed by atoms with Crippen LogP contribution in [0.15, 0.2) is 90.1 Å². The van der Waals surface area contributed by atoms with E-state index in [4.69, 9.17) is 4.98 Å². The first-order chi connectivity index (χ1) is 14.1. The van der Waals surface area contributed by atoms with E-state index in [0.717, 1.165) is 33.8 Å². The predicted octanol–water partition coefficient (Wildman–Crippen LogP) is 5.69. The molecule has 1 N–H and O–H groups in total. The van der Waals surface area contributed by atoms with Crippen molar-refractivity contribution in [2.75, 3.05) is 5.75 Å². The lowest BCUT2D eigenvalue weighted by Crippen LogP contribution is -2.03. The Bertz CT molecular complexity index is 1120. The smallest absolute Gasteiger partial charge is 0.313 e. The van der Waals surface area contributed by atoms with E-state index in [-0.39, 0.29) is 5.75 Å². The van der Waals surface area contributed by atoms with Crippen molar-refractivity contribution in [3.8, 4) is 28.2 Å². The summed E-state index contributed by atoms with van der Waals surface area (Å²) in [7, 11) is 0. The van der Waals surface area contributed by atoms with Gasteiger partial charge in [0.2, 0.25) is 0 Å². The maximum absolute atomic E-state index is 11.2. The van der Waals surface area contributed by atoms with E-state index in [0.29, 0.717) is 5.16 Å². The van der Waals surface area contributed by atoms with Crippen molar-refractivity contribution in [2.45, 2.75) is 12.1 Å². The second kappa shape index (κ2) is 8.37. The van der Waals surface area contributed by atoms with Gasteiger partial charge < -0.3 is 5.11 Å². The van der Waals surface area contributed by atoms with Crippen molar-refractivity contribution >= 4 is 17.7 Å². The fourth-order valence-electron chi connectivity index (χ4n) is 3.22. The Morgan fingerprint density at radius 2 is 1.48 bits per heavy atom. The molecule has 0 fully saturated rings. The third-order valence-electron chi connectivity index (χ3n) is 4.56. The van der Waals surface area contributed by atoms with Gasteiger partial charge in [-0.3, -0.25) is 9.36 Å². The van der Waals surface area contributed by atoms with Crippen molar-refractivity contribution < 1.29 is 9.90 Å². The molecule has 1 aromatic heterocycles. The summed E-state index contributed by atoms with van der Waals surface area (Å²) in [6.07, 6.45) is 0. The van der Waals surface area contributed by atoms with Gasteiger partial charge in [-0.15, -0.1) is 0 Å². The van der Waals surface area contributed by atoms with Crippen LogP contribution in [-0.2, 0) is 4.79 Å². The Balaban J connectivity index is 2.00. The van der Waals surface area contributed by atoms with Gasteiger partial charge in [0.25, 0.3) is 0 Å². The molecule has 3 aromatic carbocycles. The topological polar surface area (TPSA) is 55.1 Å². The molecule has 0 spiro atoms. The molecule has 4 rings (SSSR count). The zero-order valence-corrected chi connectivity index (χ0v) is 16.8. The Hall–Kier alpha value is -3.31. The molecule has 0 saturated carbocycles. The van der Waals surface area contributed by atoms with Crippen LogP contribution in [0.2, 0.25) is 0 Å². The van der Waals surface area contributed by atoms with Crippen LogP contribution in [0.4, 0.5) is 0 Å². The predicted molar refractivity (Wildman–Crippen MR) is 118 cm³/mol. The molecule has 0 saturated heterocycles. The lowest BCUT2D eigenvalue weighted by atomic mass is 10.0. The maximum Gasteiger partial charge on any atom is 0.313 e. The van der Waals surface area contributed by atoms with E-state index in [1.807, 2.05) is 67.6 Å². The zero-order chi connectivity index (χ0) is 20.2. The Labute approximate surface area is 173 Å². The number of carboxylic acid groups (broad SMARTS) is 1.